The molecule has 0 aliphatic carbocycles. The minimum absolute atomic E-state index is 0.0802. The number of rotatable bonds is 6. The first-order valence-electron chi connectivity index (χ1n) is 8.99. The van der Waals surface area contributed by atoms with E-state index in [1.54, 1.807) is 6.92 Å². The van der Waals surface area contributed by atoms with Crippen LogP contribution in [0.4, 0.5) is 0 Å². The van der Waals surface area contributed by atoms with Crippen LogP contribution in [0.25, 0.3) is 0 Å². The number of aryl methyl sites for hydroxylation is 1. The summed E-state index contributed by atoms with van der Waals surface area (Å²) in [7, 11) is 0. The van der Waals surface area contributed by atoms with Crippen molar-refractivity contribution < 1.29 is 4.74 Å². The molecular weight excluding hydrogens is 340 g/mol. The molecule has 0 aliphatic heterocycles. The highest BCUT2D eigenvalue weighted by Crippen LogP contribution is 2.25. The van der Waals surface area contributed by atoms with Crippen molar-refractivity contribution in [2.75, 3.05) is 0 Å². The molecule has 0 radical (unpaired) electrons. The Morgan fingerprint density at radius 1 is 1.00 bits per heavy atom. The third kappa shape index (κ3) is 4.26. The molecule has 1 aromatic heterocycles. The molecule has 0 amide bonds. The summed E-state index contributed by atoms with van der Waals surface area (Å²) in [6.45, 7) is 6.24. The summed E-state index contributed by atoms with van der Waals surface area (Å²) in [6.07, 6.45) is 0. The Labute approximate surface area is 158 Å². The van der Waals surface area contributed by atoms with Gasteiger partial charge in [-0.15, -0.1) is 0 Å². The second-order valence-electron chi connectivity index (χ2n) is 6.79. The van der Waals surface area contributed by atoms with Crippen LogP contribution in [0.15, 0.2) is 64.2 Å². The molecule has 3 aromatic rings. The first-order valence-corrected chi connectivity index (χ1v) is 8.99. The zero-order valence-corrected chi connectivity index (χ0v) is 15.9. The topological polar surface area (TPSA) is 64.1 Å². The van der Waals surface area contributed by atoms with Crippen LogP contribution in [-0.4, -0.2) is 9.55 Å². The third-order valence-corrected chi connectivity index (χ3v) is 4.80. The lowest BCUT2D eigenvalue weighted by Crippen LogP contribution is -2.36. The van der Waals surface area contributed by atoms with E-state index in [1.165, 1.54) is 4.57 Å². The van der Waals surface area contributed by atoms with Gasteiger partial charge in [-0.25, -0.2) is 4.79 Å². The fourth-order valence-corrected chi connectivity index (χ4v) is 3.22. The van der Waals surface area contributed by atoms with E-state index in [2.05, 4.69) is 4.98 Å². The molecule has 3 rings (SSSR count). The van der Waals surface area contributed by atoms with E-state index in [9.17, 15) is 9.59 Å². The normalized spacial score (nSPS) is 12.1. The van der Waals surface area contributed by atoms with Gasteiger partial charge in [-0.1, -0.05) is 67.1 Å². The van der Waals surface area contributed by atoms with E-state index >= 15 is 0 Å². The number of nitrogens with one attached hydrogen (secondary N) is 1. The molecule has 27 heavy (non-hydrogen) atoms. The summed E-state index contributed by atoms with van der Waals surface area (Å²) in [5.74, 6) is -0.110. The van der Waals surface area contributed by atoms with Crippen LogP contribution in [0.5, 0.6) is 0 Å². The van der Waals surface area contributed by atoms with Gasteiger partial charge in [0.1, 0.15) is 6.73 Å². The molecule has 1 atom stereocenters. The summed E-state index contributed by atoms with van der Waals surface area (Å²) in [5, 5.41) is 0. The molecule has 0 saturated heterocycles. The van der Waals surface area contributed by atoms with Crippen molar-refractivity contribution in [1.29, 1.82) is 0 Å². The Bertz CT molecular complexity index is 1020. The lowest BCUT2D eigenvalue weighted by molar-refractivity contribution is 0.0584. The van der Waals surface area contributed by atoms with Crippen LogP contribution in [0.2, 0.25) is 0 Å². The molecule has 0 saturated carbocycles. The second kappa shape index (κ2) is 8.18. The minimum atomic E-state index is -0.451. The van der Waals surface area contributed by atoms with Gasteiger partial charge < -0.3 is 4.74 Å². The van der Waals surface area contributed by atoms with Crippen molar-refractivity contribution in [3.63, 3.8) is 0 Å². The number of hydrogen-bond acceptors (Lipinski definition) is 3. The van der Waals surface area contributed by atoms with Crippen molar-refractivity contribution in [1.82, 2.24) is 9.55 Å². The van der Waals surface area contributed by atoms with E-state index in [1.807, 2.05) is 68.4 Å². The predicted molar refractivity (Wildman–Crippen MR) is 106 cm³/mol. The first kappa shape index (κ1) is 18.9. The van der Waals surface area contributed by atoms with Gasteiger partial charge in [0, 0.05) is 17.2 Å². The van der Waals surface area contributed by atoms with E-state index in [0.717, 1.165) is 16.7 Å². The summed E-state index contributed by atoms with van der Waals surface area (Å²) < 4.78 is 7.29. The van der Waals surface area contributed by atoms with Crippen molar-refractivity contribution >= 4 is 0 Å². The standard InChI is InChI=1S/C22H24N2O3/c1-15-9-11-19(12-10-15)16(2)20-17(3)21(25)23-22(26)24(20)14-27-13-18-7-5-4-6-8-18/h4-12,16H,13-14H2,1-3H3,(H,23,25,26). The van der Waals surface area contributed by atoms with Gasteiger partial charge in [0.2, 0.25) is 0 Å². The Morgan fingerprint density at radius 3 is 2.33 bits per heavy atom. The van der Waals surface area contributed by atoms with Crippen molar-refractivity contribution in [2.24, 2.45) is 0 Å². The highest BCUT2D eigenvalue weighted by molar-refractivity contribution is 5.33. The first-order chi connectivity index (χ1) is 13.0. The van der Waals surface area contributed by atoms with Crippen molar-refractivity contribution in [2.45, 2.75) is 40.0 Å². The molecular formula is C22H24N2O3. The van der Waals surface area contributed by atoms with Gasteiger partial charge in [0.25, 0.3) is 5.56 Å². The molecule has 1 N–H and O–H groups in total. The number of aromatic nitrogens is 2. The summed E-state index contributed by atoms with van der Waals surface area (Å²) in [5.41, 5.74) is 3.65. The molecule has 140 valence electrons. The molecule has 5 nitrogen and oxygen atoms in total. The Hall–Kier alpha value is -2.92. The van der Waals surface area contributed by atoms with Gasteiger partial charge >= 0.3 is 5.69 Å². The molecule has 1 heterocycles. The van der Waals surface area contributed by atoms with Crippen LogP contribution < -0.4 is 11.2 Å². The zero-order chi connectivity index (χ0) is 19.4. The maximum atomic E-state index is 12.5. The van der Waals surface area contributed by atoms with E-state index in [4.69, 9.17) is 4.74 Å². The fourth-order valence-electron chi connectivity index (χ4n) is 3.22. The second-order valence-corrected chi connectivity index (χ2v) is 6.79. The summed E-state index contributed by atoms with van der Waals surface area (Å²) in [6, 6.07) is 17.9. The molecule has 0 spiro atoms. The Morgan fingerprint density at radius 2 is 1.67 bits per heavy atom. The van der Waals surface area contributed by atoms with Gasteiger partial charge in [-0.05, 0) is 25.0 Å². The predicted octanol–water partition coefficient (Wildman–Crippen LogP) is 3.48. The van der Waals surface area contributed by atoms with Gasteiger partial charge in [0.15, 0.2) is 0 Å². The summed E-state index contributed by atoms with van der Waals surface area (Å²) >= 11 is 0. The van der Waals surface area contributed by atoms with Gasteiger partial charge in [-0.2, -0.15) is 0 Å². The quantitative estimate of drug-likeness (QED) is 0.728. The molecule has 0 fully saturated rings. The number of ether oxygens (including phenoxy) is 1. The average Bonchev–Trinajstić information content (AvgIpc) is 2.67. The maximum absolute atomic E-state index is 12.5. The summed E-state index contributed by atoms with van der Waals surface area (Å²) in [4.78, 5) is 27.0. The Balaban J connectivity index is 1.93. The van der Waals surface area contributed by atoms with Crippen molar-refractivity contribution in [3.05, 3.63) is 103 Å². The van der Waals surface area contributed by atoms with Crippen LogP contribution in [0.3, 0.4) is 0 Å². The largest absolute Gasteiger partial charge is 0.356 e. The lowest BCUT2D eigenvalue weighted by atomic mass is 9.94. The number of aromatic amines is 1. The molecule has 5 heteroatoms. The van der Waals surface area contributed by atoms with Crippen LogP contribution in [-0.2, 0) is 18.1 Å². The van der Waals surface area contributed by atoms with Crippen LogP contribution in [0.1, 0.15) is 40.8 Å². The Kier molecular flexibility index (Phi) is 5.72. The van der Waals surface area contributed by atoms with Gasteiger partial charge in [0.05, 0.1) is 6.61 Å². The number of nitrogens with zero attached hydrogens (tertiary/aromatic N) is 1. The van der Waals surface area contributed by atoms with Crippen molar-refractivity contribution in [3.8, 4) is 0 Å². The molecule has 0 aliphatic rings. The number of benzene rings is 2. The number of hydrogen-bond donors (Lipinski definition) is 1. The SMILES string of the molecule is Cc1ccc(C(C)c2c(C)c(=O)[nH]c(=O)n2COCc2ccccc2)cc1. The van der Waals surface area contributed by atoms with Crippen LogP contribution >= 0.6 is 0 Å². The minimum Gasteiger partial charge on any atom is -0.356 e. The fraction of sp³-hybridized carbons (Fsp3) is 0.273. The molecule has 1 unspecified atom stereocenters. The highest BCUT2D eigenvalue weighted by Gasteiger charge is 2.19. The monoisotopic (exact) mass is 364 g/mol. The zero-order valence-electron chi connectivity index (χ0n) is 15.9. The smallest absolute Gasteiger partial charge is 0.330 e. The number of H-pyrrole nitrogens is 1. The third-order valence-electron chi connectivity index (χ3n) is 4.80. The van der Waals surface area contributed by atoms with E-state index < -0.39 is 5.69 Å². The molecule has 0 bridgehead atoms. The van der Waals surface area contributed by atoms with Gasteiger partial charge in [-0.3, -0.25) is 14.3 Å². The van der Waals surface area contributed by atoms with Crippen LogP contribution in [0, 0.1) is 13.8 Å². The molecule has 2 aromatic carbocycles. The lowest BCUT2D eigenvalue weighted by Gasteiger charge is -2.20. The highest BCUT2D eigenvalue weighted by atomic mass is 16.5. The van der Waals surface area contributed by atoms with E-state index in [-0.39, 0.29) is 18.2 Å². The van der Waals surface area contributed by atoms with E-state index in [0.29, 0.717) is 17.9 Å². The average molecular weight is 364 g/mol. The maximum Gasteiger partial charge on any atom is 0.330 e.